The Morgan fingerprint density at radius 3 is 3.00 bits per heavy atom. The van der Waals surface area contributed by atoms with E-state index in [1.54, 1.807) is 0 Å². The standard InChI is InChI=1S/C9H14FN5/c10-7-8(12)13-5-14-9(7)15-3-1-2-6(11)4-15/h5-6H,1-4,11H2,(H2,12,13,14)/t6-/m1/s1. The first-order valence-corrected chi connectivity index (χ1v) is 4.95. The molecule has 1 aromatic heterocycles. The molecule has 4 N–H and O–H groups in total. The van der Waals surface area contributed by atoms with Crippen LogP contribution in [0.2, 0.25) is 0 Å². The molecule has 6 heteroatoms. The van der Waals surface area contributed by atoms with Gasteiger partial charge in [-0.2, -0.15) is 4.39 Å². The third-order valence-corrected chi connectivity index (χ3v) is 2.56. The van der Waals surface area contributed by atoms with Gasteiger partial charge in [0.25, 0.3) is 0 Å². The van der Waals surface area contributed by atoms with Gasteiger partial charge in [0.05, 0.1) is 0 Å². The second kappa shape index (κ2) is 3.98. The van der Waals surface area contributed by atoms with Gasteiger partial charge < -0.3 is 16.4 Å². The fraction of sp³-hybridized carbons (Fsp3) is 0.556. The number of hydrogen-bond acceptors (Lipinski definition) is 5. The zero-order chi connectivity index (χ0) is 10.8. The summed E-state index contributed by atoms with van der Waals surface area (Å²) in [5, 5.41) is 0. The number of rotatable bonds is 1. The summed E-state index contributed by atoms with van der Waals surface area (Å²) < 4.78 is 13.6. The van der Waals surface area contributed by atoms with Gasteiger partial charge in [-0.15, -0.1) is 0 Å². The normalized spacial score (nSPS) is 21.7. The van der Waals surface area contributed by atoms with Crippen LogP contribution in [0.25, 0.3) is 0 Å². The first-order valence-electron chi connectivity index (χ1n) is 4.95. The molecule has 1 aliphatic rings. The van der Waals surface area contributed by atoms with Crippen LogP contribution in [0.1, 0.15) is 12.8 Å². The lowest BCUT2D eigenvalue weighted by Gasteiger charge is -2.31. The van der Waals surface area contributed by atoms with E-state index in [0.717, 1.165) is 19.4 Å². The monoisotopic (exact) mass is 211 g/mol. The van der Waals surface area contributed by atoms with Gasteiger partial charge in [-0.1, -0.05) is 0 Å². The van der Waals surface area contributed by atoms with E-state index in [1.807, 2.05) is 4.90 Å². The third kappa shape index (κ3) is 1.99. The van der Waals surface area contributed by atoms with Crippen molar-refractivity contribution in [2.24, 2.45) is 5.73 Å². The Labute approximate surface area is 87.3 Å². The zero-order valence-corrected chi connectivity index (χ0v) is 8.36. The highest BCUT2D eigenvalue weighted by atomic mass is 19.1. The summed E-state index contributed by atoms with van der Waals surface area (Å²) in [5.74, 6) is -0.400. The van der Waals surface area contributed by atoms with Crippen molar-refractivity contribution in [2.75, 3.05) is 23.7 Å². The Balaban J connectivity index is 2.24. The van der Waals surface area contributed by atoms with Crippen LogP contribution in [-0.4, -0.2) is 29.1 Å². The minimum atomic E-state index is -0.549. The number of aromatic nitrogens is 2. The number of nitrogen functional groups attached to an aromatic ring is 1. The van der Waals surface area contributed by atoms with Crippen molar-refractivity contribution in [3.05, 3.63) is 12.1 Å². The molecule has 82 valence electrons. The van der Waals surface area contributed by atoms with E-state index < -0.39 is 5.82 Å². The molecule has 1 aliphatic heterocycles. The van der Waals surface area contributed by atoms with Gasteiger partial charge in [0.1, 0.15) is 6.33 Å². The largest absolute Gasteiger partial charge is 0.381 e. The lowest BCUT2D eigenvalue weighted by atomic mass is 10.1. The molecule has 0 aliphatic carbocycles. The van der Waals surface area contributed by atoms with Gasteiger partial charge in [-0.3, -0.25) is 0 Å². The average molecular weight is 211 g/mol. The molecule has 0 unspecified atom stereocenters. The molecule has 15 heavy (non-hydrogen) atoms. The second-order valence-corrected chi connectivity index (χ2v) is 3.74. The van der Waals surface area contributed by atoms with Crippen LogP contribution in [0.4, 0.5) is 16.0 Å². The topological polar surface area (TPSA) is 81.1 Å². The molecule has 0 bridgehead atoms. The molecule has 1 fully saturated rings. The SMILES string of the molecule is Nc1ncnc(N2CCC[C@@H](N)C2)c1F. The minimum Gasteiger partial charge on any atom is -0.381 e. The van der Waals surface area contributed by atoms with Crippen molar-refractivity contribution < 1.29 is 4.39 Å². The number of nitrogens with zero attached hydrogens (tertiary/aromatic N) is 3. The summed E-state index contributed by atoms with van der Waals surface area (Å²) in [7, 11) is 0. The molecule has 0 saturated carbocycles. The first kappa shape index (κ1) is 10.1. The van der Waals surface area contributed by atoms with Crippen LogP contribution in [0, 0.1) is 5.82 Å². The highest BCUT2D eigenvalue weighted by Gasteiger charge is 2.21. The minimum absolute atomic E-state index is 0.0781. The van der Waals surface area contributed by atoms with Crippen LogP contribution in [0.15, 0.2) is 6.33 Å². The van der Waals surface area contributed by atoms with Gasteiger partial charge in [0.15, 0.2) is 11.6 Å². The summed E-state index contributed by atoms with van der Waals surface area (Å²) in [6.45, 7) is 1.38. The Hall–Kier alpha value is -1.43. The van der Waals surface area contributed by atoms with E-state index in [0.29, 0.717) is 6.54 Å². The van der Waals surface area contributed by atoms with E-state index in [4.69, 9.17) is 11.5 Å². The van der Waals surface area contributed by atoms with Gasteiger partial charge in [0.2, 0.25) is 5.82 Å². The maximum absolute atomic E-state index is 13.6. The van der Waals surface area contributed by atoms with Crippen LogP contribution in [-0.2, 0) is 0 Å². The van der Waals surface area contributed by atoms with Gasteiger partial charge >= 0.3 is 0 Å². The maximum Gasteiger partial charge on any atom is 0.207 e. The molecule has 0 radical (unpaired) electrons. The molecule has 1 atom stereocenters. The van der Waals surface area contributed by atoms with E-state index >= 15 is 0 Å². The van der Waals surface area contributed by atoms with Crippen molar-refractivity contribution in [1.82, 2.24) is 9.97 Å². The molecule has 1 aromatic rings. The van der Waals surface area contributed by atoms with Crippen LogP contribution in [0.3, 0.4) is 0 Å². The van der Waals surface area contributed by atoms with Crippen molar-refractivity contribution in [2.45, 2.75) is 18.9 Å². The highest BCUT2D eigenvalue weighted by Crippen LogP contribution is 2.22. The third-order valence-electron chi connectivity index (χ3n) is 2.56. The van der Waals surface area contributed by atoms with Crippen molar-refractivity contribution in [3.8, 4) is 0 Å². The number of nitrogens with two attached hydrogens (primary N) is 2. The summed E-state index contributed by atoms with van der Waals surface area (Å²) in [4.78, 5) is 9.31. The average Bonchev–Trinajstić information content (AvgIpc) is 2.22. The zero-order valence-electron chi connectivity index (χ0n) is 8.36. The number of anilines is 2. The van der Waals surface area contributed by atoms with Gasteiger partial charge in [0, 0.05) is 19.1 Å². The fourth-order valence-electron chi connectivity index (χ4n) is 1.80. The molecule has 1 saturated heterocycles. The number of hydrogen-bond donors (Lipinski definition) is 2. The Morgan fingerprint density at radius 1 is 1.47 bits per heavy atom. The maximum atomic E-state index is 13.6. The lowest BCUT2D eigenvalue weighted by Crippen LogP contribution is -2.43. The predicted molar refractivity (Wildman–Crippen MR) is 55.8 cm³/mol. The van der Waals surface area contributed by atoms with Gasteiger partial charge in [-0.05, 0) is 12.8 Å². The van der Waals surface area contributed by atoms with Crippen LogP contribution < -0.4 is 16.4 Å². The summed E-state index contributed by atoms with van der Waals surface area (Å²) in [5.41, 5.74) is 11.2. The Kier molecular flexibility index (Phi) is 2.68. The number of piperidine rings is 1. The smallest absolute Gasteiger partial charge is 0.207 e. The molecule has 2 heterocycles. The molecule has 0 spiro atoms. The molecule has 5 nitrogen and oxygen atoms in total. The van der Waals surface area contributed by atoms with E-state index in [-0.39, 0.29) is 17.7 Å². The highest BCUT2D eigenvalue weighted by molar-refractivity contribution is 5.48. The fourth-order valence-corrected chi connectivity index (χ4v) is 1.80. The molecular weight excluding hydrogens is 197 g/mol. The lowest BCUT2D eigenvalue weighted by molar-refractivity contribution is 0.493. The van der Waals surface area contributed by atoms with Crippen LogP contribution in [0.5, 0.6) is 0 Å². The summed E-state index contributed by atoms with van der Waals surface area (Å²) in [6, 6.07) is 0.0781. The Morgan fingerprint density at radius 2 is 2.27 bits per heavy atom. The number of halogens is 1. The predicted octanol–water partition coefficient (Wildman–Crippen LogP) is 0.125. The molecule has 0 aromatic carbocycles. The molecule has 0 amide bonds. The van der Waals surface area contributed by atoms with E-state index in [9.17, 15) is 4.39 Å². The van der Waals surface area contributed by atoms with E-state index in [1.165, 1.54) is 6.33 Å². The molecule has 2 rings (SSSR count). The van der Waals surface area contributed by atoms with Crippen molar-refractivity contribution in [3.63, 3.8) is 0 Å². The van der Waals surface area contributed by atoms with E-state index in [2.05, 4.69) is 9.97 Å². The summed E-state index contributed by atoms with van der Waals surface area (Å²) >= 11 is 0. The van der Waals surface area contributed by atoms with Gasteiger partial charge in [-0.25, -0.2) is 9.97 Å². The van der Waals surface area contributed by atoms with Crippen molar-refractivity contribution >= 4 is 11.6 Å². The Bertz CT molecular complexity index is 356. The first-order chi connectivity index (χ1) is 7.18. The second-order valence-electron chi connectivity index (χ2n) is 3.74. The van der Waals surface area contributed by atoms with Crippen molar-refractivity contribution in [1.29, 1.82) is 0 Å². The quantitative estimate of drug-likeness (QED) is 0.689. The molecular formula is C9H14FN5. The van der Waals surface area contributed by atoms with Crippen LogP contribution >= 0.6 is 0 Å². The summed E-state index contributed by atoms with van der Waals surface area (Å²) in [6.07, 6.45) is 3.19.